The highest BCUT2D eigenvalue weighted by atomic mass is 19.1. The first-order valence-corrected chi connectivity index (χ1v) is 7.23. The Kier molecular flexibility index (Phi) is 5.55. The average molecular weight is 289 g/mol. The minimum atomic E-state index is -0.270. The van der Waals surface area contributed by atoms with Crippen LogP contribution < -0.4 is 0 Å². The molecule has 0 radical (unpaired) electrons. The Morgan fingerprint density at radius 3 is 2.57 bits per heavy atom. The van der Waals surface area contributed by atoms with Crippen LogP contribution in [0.3, 0.4) is 0 Å². The van der Waals surface area contributed by atoms with Crippen LogP contribution in [-0.4, -0.2) is 10.8 Å². The van der Waals surface area contributed by atoms with Crippen molar-refractivity contribution in [1.29, 1.82) is 0 Å². The number of carbonyl (C=O) groups excluding carboxylic acids is 1. The predicted octanol–water partition coefficient (Wildman–Crippen LogP) is 4.14. The maximum atomic E-state index is 13.0. The lowest BCUT2D eigenvalue weighted by atomic mass is 10.1. The number of nitrogens with zero attached hydrogens (tertiary/aromatic N) is 1. The lowest BCUT2D eigenvalue weighted by Crippen LogP contribution is -2.29. The van der Waals surface area contributed by atoms with Crippen LogP contribution >= 0.6 is 0 Å². The van der Waals surface area contributed by atoms with E-state index >= 15 is 0 Å². The molecule has 0 saturated heterocycles. The fraction of sp³-hybridized carbons (Fsp3) is 0.353. The van der Waals surface area contributed by atoms with E-state index in [2.05, 4.69) is 6.92 Å². The molecule has 0 fully saturated rings. The summed E-state index contributed by atoms with van der Waals surface area (Å²) in [6.45, 7) is 2.96. The Balaban J connectivity index is 2.06. The molecule has 4 heteroatoms. The van der Waals surface area contributed by atoms with Gasteiger partial charge in [0.15, 0.2) is 0 Å². The van der Waals surface area contributed by atoms with E-state index in [0.717, 1.165) is 24.2 Å². The molecule has 0 N–H and O–H groups in total. The first kappa shape index (κ1) is 15.3. The van der Waals surface area contributed by atoms with Gasteiger partial charge in [0.05, 0.1) is 12.8 Å². The molecule has 0 bridgehead atoms. The topological polar surface area (TPSA) is 33.5 Å². The molecular weight excluding hydrogens is 269 g/mol. The van der Waals surface area contributed by atoms with Gasteiger partial charge in [0.1, 0.15) is 11.6 Å². The third-order valence-corrected chi connectivity index (χ3v) is 3.31. The van der Waals surface area contributed by atoms with Crippen LogP contribution in [0.2, 0.25) is 0 Å². The van der Waals surface area contributed by atoms with E-state index in [-0.39, 0.29) is 11.7 Å². The van der Waals surface area contributed by atoms with Crippen molar-refractivity contribution < 1.29 is 13.6 Å². The van der Waals surface area contributed by atoms with Crippen molar-refractivity contribution in [3.63, 3.8) is 0 Å². The van der Waals surface area contributed by atoms with Crippen molar-refractivity contribution in [2.45, 2.75) is 39.3 Å². The summed E-state index contributed by atoms with van der Waals surface area (Å²) in [4.78, 5) is 14.1. The number of carbonyl (C=O) groups is 1. The zero-order chi connectivity index (χ0) is 15.1. The standard InChI is InChI=1S/C17H20FNO2/c1-2-3-6-17(20)19(13-16-5-4-11-21-16)12-14-7-9-15(18)10-8-14/h4-5,7-11H,2-3,6,12-13H2,1H3. The number of unbranched alkanes of at least 4 members (excludes halogenated alkanes) is 1. The third-order valence-electron chi connectivity index (χ3n) is 3.31. The van der Waals surface area contributed by atoms with Crippen LogP contribution in [0.4, 0.5) is 4.39 Å². The third kappa shape index (κ3) is 4.74. The molecule has 0 spiro atoms. The van der Waals surface area contributed by atoms with E-state index in [1.807, 2.05) is 12.1 Å². The molecule has 1 aromatic carbocycles. The van der Waals surface area contributed by atoms with Crippen LogP contribution in [0.5, 0.6) is 0 Å². The lowest BCUT2D eigenvalue weighted by Gasteiger charge is -2.22. The van der Waals surface area contributed by atoms with Crippen molar-refractivity contribution in [2.24, 2.45) is 0 Å². The number of furan rings is 1. The Bertz CT molecular complexity index is 549. The highest BCUT2D eigenvalue weighted by Crippen LogP contribution is 2.13. The zero-order valence-corrected chi connectivity index (χ0v) is 12.2. The SMILES string of the molecule is CCCCC(=O)N(Cc1ccc(F)cc1)Cc1ccco1. The zero-order valence-electron chi connectivity index (χ0n) is 12.2. The van der Waals surface area contributed by atoms with Crippen LogP contribution in [0.25, 0.3) is 0 Å². The van der Waals surface area contributed by atoms with Crippen LogP contribution in [-0.2, 0) is 17.9 Å². The summed E-state index contributed by atoms with van der Waals surface area (Å²) < 4.78 is 18.3. The second-order valence-corrected chi connectivity index (χ2v) is 5.06. The van der Waals surface area contributed by atoms with E-state index in [9.17, 15) is 9.18 Å². The van der Waals surface area contributed by atoms with Gasteiger partial charge < -0.3 is 9.32 Å². The first-order valence-electron chi connectivity index (χ1n) is 7.23. The number of hydrogen-bond donors (Lipinski definition) is 0. The molecule has 0 atom stereocenters. The monoisotopic (exact) mass is 289 g/mol. The Morgan fingerprint density at radius 2 is 1.95 bits per heavy atom. The fourth-order valence-corrected chi connectivity index (χ4v) is 2.12. The molecule has 0 aliphatic heterocycles. The Labute approximate surface area is 124 Å². The predicted molar refractivity (Wildman–Crippen MR) is 78.9 cm³/mol. The van der Waals surface area contributed by atoms with E-state index in [1.54, 1.807) is 23.3 Å². The van der Waals surface area contributed by atoms with Crippen molar-refractivity contribution in [1.82, 2.24) is 4.90 Å². The van der Waals surface area contributed by atoms with Gasteiger partial charge in [-0.15, -0.1) is 0 Å². The molecule has 0 unspecified atom stereocenters. The summed E-state index contributed by atoms with van der Waals surface area (Å²) in [5, 5.41) is 0. The van der Waals surface area contributed by atoms with E-state index < -0.39 is 0 Å². The van der Waals surface area contributed by atoms with Gasteiger partial charge >= 0.3 is 0 Å². The molecule has 2 rings (SSSR count). The smallest absolute Gasteiger partial charge is 0.223 e. The van der Waals surface area contributed by atoms with Gasteiger partial charge in [0, 0.05) is 13.0 Å². The van der Waals surface area contributed by atoms with Gasteiger partial charge in [-0.25, -0.2) is 4.39 Å². The van der Waals surface area contributed by atoms with Crippen LogP contribution in [0, 0.1) is 5.82 Å². The molecule has 0 aliphatic carbocycles. The molecule has 21 heavy (non-hydrogen) atoms. The van der Waals surface area contributed by atoms with Gasteiger partial charge in [-0.3, -0.25) is 4.79 Å². The average Bonchev–Trinajstić information content (AvgIpc) is 2.99. The minimum Gasteiger partial charge on any atom is -0.467 e. The molecule has 1 amide bonds. The maximum Gasteiger partial charge on any atom is 0.223 e. The number of halogens is 1. The van der Waals surface area contributed by atoms with Crippen molar-refractivity contribution in [3.8, 4) is 0 Å². The first-order chi connectivity index (χ1) is 10.2. The van der Waals surface area contributed by atoms with E-state index in [1.165, 1.54) is 12.1 Å². The van der Waals surface area contributed by atoms with Gasteiger partial charge in [0.2, 0.25) is 5.91 Å². The molecular formula is C17H20FNO2. The quantitative estimate of drug-likeness (QED) is 0.767. The number of amides is 1. The minimum absolute atomic E-state index is 0.0950. The van der Waals surface area contributed by atoms with Crippen LogP contribution in [0.15, 0.2) is 47.1 Å². The summed E-state index contributed by atoms with van der Waals surface area (Å²) >= 11 is 0. The highest BCUT2D eigenvalue weighted by molar-refractivity contribution is 5.76. The molecule has 1 aromatic heterocycles. The van der Waals surface area contributed by atoms with Gasteiger partial charge in [-0.1, -0.05) is 25.5 Å². The molecule has 2 aromatic rings. The second-order valence-electron chi connectivity index (χ2n) is 5.06. The molecule has 1 heterocycles. The summed E-state index contributed by atoms with van der Waals surface area (Å²) in [6, 6.07) is 9.90. The number of rotatable bonds is 7. The van der Waals surface area contributed by atoms with Crippen molar-refractivity contribution in [2.75, 3.05) is 0 Å². The van der Waals surface area contributed by atoms with Gasteiger partial charge in [0.25, 0.3) is 0 Å². The number of benzene rings is 1. The van der Waals surface area contributed by atoms with E-state index in [4.69, 9.17) is 4.42 Å². The normalized spacial score (nSPS) is 10.6. The van der Waals surface area contributed by atoms with Crippen LogP contribution in [0.1, 0.15) is 37.5 Å². The molecule has 0 aliphatic rings. The largest absolute Gasteiger partial charge is 0.467 e. The van der Waals surface area contributed by atoms with E-state index in [0.29, 0.717) is 19.5 Å². The fourth-order valence-electron chi connectivity index (χ4n) is 2.12. The lowest BCUT2D eigenvalue weighted by molar-refractivity contribution is -0.132. The summed E-state index contributed by atoms with van der Waals surface area (Å²) in [7, 11) is 0. The summed E-state index contributed by atoms with van der Waals surface area (Å²) in [5.41, 5.74) is 0.910. The second kappa shape index (κ2) is 7.62. The summed E-state index contributed by atoms with van der Waals surface area (Å²) in [5.74, 6) is 0.577. The number of hydrogen-bond acceptors (Lipinski definition) is 2. The highest BCUT2D eigenvalue weighted by Gasteiger charge is 2.15. The van der Waals surface area contributed by atoms with Gasteiger partial charge in [-0.2, -0.15) is 0 Å². The molecule has 112 valence electrons. The Hall–Kier alpha value is -2.10. The summed E-state index contributed by atoms with van der Waals surface area (Å²) in [6.07, 6.45) is 3.98. The van der Waals surface area contributed by atoms with Gasteiger partial charge in [-0.05, 0) is 36.2 Å². The molecule has 0 saturated carbocycles. The van der Waals surface area contributed by atoms with Crippen molar-refractivity contribution >= 4 is 5.91 Å². The van der Waals surface area contributed by atoms with Crippen molar-refractivity contribution in [3.05, 3.63) is 59.8 Å². The molecule has 3 nitrogen and oxygen atoms in total. The maximum absolute atomic E-state index is 13.0. The Morgan fingerprint density at radius 1 is 1.19 bits per heavy atom.